The van der Waals surface area contributed by atoms with E-state index in [0.29, 0.717) is 12.5 Å². The van der Waals surface area contributed by atoms with Crippen molar-refractivity contribution in [1.82, 2.24) is 20.4 Å². The molecule has 1 amide bonds. The summed E-state index contributed by atoms with van der Waals surface area (Å²) in [5.41, 5.74) is 2.11. The summed E-state index contributed by atoms with van der Waals surface area (Å²) < 4.78 is 12.5. The van der Waals surface area contributed by atoms with Crippen LogP contribution in [0.15, 0.2) is 30.5 Å². The van der Waals surface area contributed by atoms with Gasteiger partial charge in [-0.05, 0) is 43.1 Å². The molecule has 4 rings (SSSR count). The van der Waals surface area contributed by atoms with Crippen LogP contribution in [-0.4, -0.2) is 35.6 Å². The first-order valence-corrected chi connectivity index (χ1v) is 8.67. The van der Waals surface area contributed by atoms with Gasteiger partial charge in [-0.2, -0.15) is 5.10 Å². The van der Waals surface area contributed by atoms with E-state index in [1.54, 1.807) is 6.20 Å². The number of fused-ring (bicyclic) bond motifs is 1. The van der Waals surface area contributed by atoms with E-state index in [2.05, 4.69) is 15.7 Å². The monoisotopic (exact) mass is 378 g/mol. The fraction of sp³-hybridized carbons (Fsp3) is 0.444. The summed E-state index contributed by atoms with van der Waals surface area (Å²) in [5.74, 6) is 1.85. The Morgan fingerprint density at radius 2 is 2.19 bits per heavy atom. The van der Waals surface area contributed by atoms with Gasteiger partial charge in [0.2, 0.25) is 12.7 Å². The fourth-order valence-electron chi connectivity index (χ4n) is 3.37. The van der Waals surface area contributed by atoms with Crippen molar-refractivity contribution in [3.63, 3.8) is 0 Å². The maximum absolute atomic E-state index is 12.3. The molecule has 26 heavy (non-hydrogen) atoms. The largest absolute Gasteiger partial charge is 0.454 e. The molecule has 0 radical (unpaired) electrons. The lowest BCUT2D eigenvalue weighted by molar-refractivity contribution is -0.122. The fourth-order valence-corrected chi connectivity index (χ4v) is 3.37. The lowest BCUT2D eigenvalue weighted by atomic mass is 9.96. The Labute approximate surface area is 158 Å². The van der Waals surface area contributed by atoms with Crippen LogP contribution < -0.4 is 20.1 Å². The first kappa shape index (κ1) is 18.5. The third kappa shape index (κ3) is 4.11. The molecule has 1 saturated heterocycles. The number of nitrogens with zero attached hydrogens (tertiary/aromatic N) is 2. The van der Waals surface area contributed by atoms with E-state index in [0.717, 1.165) is 48.7 Å². The highest BCUT2D eigenvalue weighted by atomic mass is 35.5. The minimum Gasteiger partial charge on any atom is -0.454 e. The van der Waals surface area contributed by atoms with Crippen molar-refractivity contribution < 1.29 is 14.3 Å². The molecule has 140 valence electrons. The minimum atomic E-state index is -0.0496. The molecule has 1 unspecified atom stereocenters. The molecule has 1 fully saturated rings. The quantitative estimate of drug-likeness (QED) is 0.829. The van der Waals surface area contributed by atoms with Crippen LogP contribution in [-0.2, 0) is 17.9 Å². The van der Waals surface area contributed by atoms with Gasteiger partial charge in [0.25, 0.3) is 0 Å². The van der Waals surface area contributed by atoms with Gasteiger partial charge >= 0.3 is 0 Å². The van der Waals surface area contributed by atoms with Crippen molar-refractivity contribution in [2.75, 3.05) is 19.9 Å². The third-order valence-electron chi connectivity index (χ3n) is 4.68. The van der Waals surface area contributed by atoms with E-state index in [1.165, 1.54) is 0 Å². The van der Waals surface area contributed by atoms with Gasteiger partial charge in [0, 0.05) is 30.9 Å². The van der Waals surface area contributed by atoms with Gasteiger partial charge < -0.3 is 20.1 Å². The van der Waals surface area contributed by atoms with E-state index < -0.39 is 0 Å². The molecule has 0 spiro atoms. The van der Waals surface area contributed by atoms with Gasteiger partial charge in [0.05, 0.1) is 0 Å². The van der Waals surface area contributed by atoms with Crippen LogP contribution in [0, 0.1) is 0 Å². The number of amides is 1. The summed E-state index contributed by atoms with van der Waals surface area (Å²) in [6, 6.07) is 7.71. The molecule has 1 atom stereocenters. The number of carbonyl (C=O) groups is 1. The van der Waals surface area contributed by atoms with Crippen molar-refractivity contribution >= 4 is 18.3 Å². The third-order valence-corrected chi connectivity index (χ3v) is 4.68. The minimum absolute atomic E-state index is 0. The van der Waals surface area contributed by atoms with Crippen LogP contribution in [0.2, 0.25) is 0 Å². The topological polar surface area (TPSA) is 77.4 Å². The Morgan fingerprint density at radius 3 is 3.04 bits per heavy atom. The van der Waals surface area contributed by atoms with Gasteiger partial charge in [-0.3, -0.25) is 9.48 Å². The number of piperidine rings is 1. The van der Waals surface area contributed by atoms with Crippen molar-refractivity contribution in [2.45, 2.75) is 31.8 Å². The summed E-state index contributed by atoms with van der Waals surface area (Å²) >= 11 is 0. The molecule has 2 aromatic rings. The summed E-state index contributed by atoms with van der Waals surface area (Å²) in [5, 5.41) is 10.7. The number of hydrogen-bond donors (Lipinski definition) is 2. The van der Waals surface area contributed by atoms with Gasteiger partial charge in [-0.1, -0.05) is 6.07 Å². The van der Waals surface area contributed by atoms with E-state index in [-0.39, 0.29) is 31.7 Å². The maximum atomic E-state index is 12.3. The summed E-state index contributed by atoms with van der Waals surface area (Å²) in [6.45, 7) is 2.97. The number of nitrogens with one attached hydrogen (secondary N) is 2. The lowest BCUT2D eigenvalue weighted by Crippen LogP contribution is -2.32. The van der Waals surface area contributed by atoms with E-state index in [1.807, 2.05) is 28.9 Å². The van der Waals surface area contributed by atoms with Crippen LogP contribution in [0.25, 0.3) is 0 Å². The van der Waals surface area contributed by atoms with Crippen LogP contribution in [0.1, 0.15) is 30.0 Å². The Morgan fingerprint density at radius 1 is 1.31 bits per heavy atom. The molecule has 0 bridgehead atoms. The summed E-state index contributed by atoms with van der Waals surface area (Å²) in [4.78, 5) is 12.3. The van der Waals surface area contributed by atoms with Crippen LogP contribution >= 0.6 is 12.4 Å². The Hall–Kier alpha value is -2.25. The highest BCUT2D eigenvalue weighted by molar-refractivity contribution is 5.85. The first-order valence-electron chi connectivity index (χ1n) is 8.67. The van der Waals surface area contributed by atoms with E-state index in [4.69, 9.17) is 9.47 Å². The van der Waals surface area contributed by atoms with Gasteiger partial charge in [-0.25, -0.2) is 0 Å². The molecule has 7 nitrogen and oxygen atoms in total. The average molecular weight is 379 g/mol. The molecule has 0 aliphatic carbocycles. The Bertz CT molecular complexity index is 759. The van der Waals surface area contributed by atoms with Crippen molar-refractivity contribution in [2.24, 2.45) is 0 Å². The normalized spacial score (nSPS) is 18.2. The van der Waals surface area contributed by atoms with Gasteiger partial charge in [0.15, 0.2) is 11.5 Å². The van der Waals surface area contributed by atoms with Crippen LogP contribution in [0.3, 0.4) is 0 Å². The number of ether oxygens (including phenoxy) is 2. The number of aromatic nitrogens is 2. The SMILES string of the molecule is Cl.O=C(Cn1nccc1C1CCCNC1)NCc1ccc2c(c1)OCO2. The molecule has 0 saturated carbocycles. The number of benzene rings is 1. The second-order valence-corrected chi connectivity index (χ2v) is 6.42. The molecule has 8 heteroatoms. The molecule has 2 aliphatic rings. The lowest BCUT2D eigenvalue weighted by Gasteiger charge is -2.23. The molecular formula is C18H23ClN4O3. The number of hydrogen-bond acceptors (Lipinski definition) is 5. The molecule has 1 aromatic heterocycles. The molecule has 1 aromatic carbocycles. The van der Waals surface area contributed by atoms with Crippen LogP contribution in [0.4, 0.5) is 0 Å². The van der Waals surface area contributed by atoms with Crippen molar-refractivity contribution in [3.8, 4) is 11.5 Å². The zero-order valence-corrected chi connectivity index (χ0v) is 15.3. The van der Waals surface area contributed by atoms with E-state index >= 15 is 0 Å². The molecule has 2 aliphatic heterocycles. The van der Waals surface area contributed by atoms with E-state index in [9.17, 15) is 4.79 Å². The number of halogens is 1. The number of rotatable bonds is 5. The van der Waals surface area contributed by atoms with Gasteiger partial charge in [-0.15, -0.1) is 12.4 Å². The predicted molar refractivity (Wildman–Crippen MR) is 98.7 cm³/mol. The average Bonchev–Trinajstić information content (AvgIpc) is 3.29. The number of carbonyl (C=O) groups excluding carboxylic acids is 1. The summed E-state index contributed by atoms with van der Waals surface area (Å²) in [7, 11) is 0. The predicted octanol–water partition coefficient (Wildman–Crippen LogP) is 1.82. The highest BCUT2D eigenvalue weighted by Gasteiger charge is 2.20. The standard InChI is InChI=1S/C18H22N4O3.ClH/c23-18(20-9-13-3-4-16-17(8-13)25-12-24-16)11-22-15(5-7-21-22)14-2-1-6-19-10-14;/h3-5,7-8,14,19H,1-2,6,9-12H2,(H,20,23);1H. The molecule has 3 heterocycles. The summed E-state index contributed by atoms with van der Waals surface area (Å²) in [6.07, 6.45) is 4.07. The zero-order chi connectivity index (χ0) is 17.1. The second-order valence-electron chi connectivity index (χ2n) is 6.42. The highest BCUT2D eigenvalue weighted by Crippen LogP contribution is 2.32. The zero-order valence-electron chi connectivity index (χ0n) is 14.4. The Balaban J connectivity index is 0.00000196. The second kappa shape index (κ2) is 8.42. The maximum Gasteiger partial charge on any atom is 0.242 e. The smallest absolute Gasteiger partial charge is 0.242 e. The van der Waals surface area contributed by atoms with Crippen LogP contribution in [0.5, 0.6) is 11.5 Å². The molecule has 2 N–H and O–H groups in total. The molecular weight excluding hydrogens is 356 g/mol. The Kier molecular flexibility index (Phi) is 6.00. The van der Waals surface area contributed by atoms with Gasteiger partial charge in [0.1, 0.15) is 6.54 Å². The first-order chi connectivity index (χ1) is 12.3. The van der Waals surface area contributed by atoms with Crippen molar-refractivity contribution in [1.29, 1.82) is 0 Å². The van der Waals surface area contributed by atoms with Crippen molar-refractivity contribution in [3.05, 3.63) is 41.7 Å².